The third-order valence-corrected chi connectivity index (χ3v) is 3.18. The SMILES string of the molecule is COCC(C)OCC(O)CN1CCCC(C=O)C1. The highest BCUT2D eigenvalue weighted by Gasteiger charge is 2.21. The largest absolute Gasteiger partial charge is 0.389 e. The molecule has 0 aliphatic carbocycles. The number of nitrogens with zero attached hydrogens (tertiary/aromatic N) is 1. The van der Waals surface area contributed by atoms with Crippen molar-refractivity contribution in [2.24, 2.45) is 5.92 Å². The van der Waals surface area contributed by atoms with Gasteiger partial charge in [-0.1, -0.05) is 0 Å². The van der Waals surface area contributed by atoms with Crippen molar-refractivity contribution in [3.05, 3.63) is 0 Å². The molecule has 0 saturated carbocycles. The summed E-state index contributed by atoms with van der Waals surface area (Å²) in [6.45, 7) is 5.04. The normalized spacial score (nSPS) is 24.7. The number of rotatable bonds is 8. The molecular formula is C13H25NO4. The fraction of sp³-hybridized carbons (Fsp3) is 0.923. The molecule has 0 spiro atoms. The molecule has 1 saturated heterocycles. The van der Waals surface area contributed by atoms with Crippen molar-refractivity contribution in [1.29, 1.82) is 0 Å². The van der Waals surface area contributed by atoms with E-state index in [1.807, 2.05) is 6.92 Å². The van der Waals surface area contributed by atoms with Gasteiger partial charge in [0.15, 0.2) is 0 Å². The maximum absolute atomic E-state index is 10.8. The predicted molar refractivity (Wildman–Crippen MR) is 68.5 cm³/mol. The minimum atomic E-state index is -0.505. The Bertz CT molecular complexity index is 237. The van der Waals surface area contributed by atoms with E-state index >= 15 is 0 Å². The molecule has 1 heterocycles. The second-order valence-electron chi connectivity index (χ2n) is 5.05. The van der Waals surface area contributed by atoms with E-state index in [1.165, 1.54) is 0 Å². The van der Waals surface area contributed by atoms with E-state index < -0.39 is 6.10 Å². The van der Waals surface area contributed by atoms with Crippen LogP contribution in [0.1, 0.15) is 19.8 Å². The molecule has 5 nitrogen and oxygen atoms in total. The van der Waals surface area contributed by atoms with Crippen molar-refractivity contribution in [2.45, 2.75) is 32.0 Å². The lowest BCUT2D eigenvalue weighted by molar-refractivity contribution is -0.113. The molecule has 106 valence electrons. The highest BCUT2D eigenvalue weighted by atomic mass is 16.5. The molecule has 18 heavy (non-hydrogen) atoms. The van der Waals surface area contributed by atoms with Crippen LogP contribution in [0, 0.1) is 5.92 Å². The average molecular weight is 259 g/mol. The number of carbonyl (C=O) groups excluding carboxylic acids is 1. The smallest absolute Gasteiger partial charge is 0.124 e. The van der Waals surface area contributed by atoms with Gasteiger partial charge in [-0.25, -0.2) is 0 Å². The highest BCUT2D eigenvalue weighted by molar-refractivity contribution is 5.53. The molecule has 0 aromatic rings. The van der Waals surface area contributed by atoms with Crippen LogP contribution in [0.2, 0.25) is 0 Å². The zero-order chi connectivity index (χ0) is 13.4. The molecule has 0 aromatic heterocycles. The Balaban J connectivity index is 2.18. The summed E-state index contributed by atoms with van der Waals surface area (Å²) in [7, 11) is 1.63. The molecule has 0 radical (unpaired) electrons. The monoisotopic (exact) mass is 259 g/mol. The quantitative estimate of drug-likeness (QED) is 0.636. The number of aliphatic hydroxyl groups excluding tert-OH is 1. The van der Waals surface area contributed by atoms with Gasteiger partial charge in [-0.3, -0.25) is 4.90 Å². The zero-order valence-electron chi connectivity index (χ0n) is 11.4. The van der Waals surface area contributed by atoms with Gasteiger partial charge in [-0.05, 0) is 26.3 Å². The van der Waals surface area contributed by atoms with Crippen molar-refractivity contribution < 1.29 is 19.4 Å². The van der Waals surface area contributed by atoms with Crippen molar-refractivity contribution in [3.63, 3.8) is 0 Å². The van der Waals surface area contributed by atoms with Gasteiger partial charge < -0.3 is 19.4 Å². The number of ether oxygens (including phenoxy) is 2. The Morgan fingerprint density at radius 1 is 1.50 bits per heavy atom. The topological polar surface area (TPSA) is 59.0 Å². The van der Waals surface area contributed by atoms with Crippen LogP contribution in [-0.4, -0.2) is 68.5 Å². The summed E-state index contributed by atoms with van der Waals surface area (Å²) in [5.41, 5.74) is 0. The summed E-state index contributed by atoms with van der Waals surface area (Å²) in [5, 5.41) is 9.88. The van der Waals surface area contributed by atoms with Crippen molar-refractivity contribution in [1.82, 2.24) is 4.90 Å². The van der Waals surface area contributed by atoms with Gasteiger partial charge >= 0.3 is 0 Å². The first kappa shape index (κ1) is 15.6. The summed E-state index contributed by atoms with van der Waals surface area (Å²) < 4.78 is 10.4. The van der Waals surface area contributed by atoms with Gasteiger partial charge in [0.2, 0.25) is 0 Å². The number of aldehydes is 1. The maximum Gasteiger partial charge on any atom is 0.124 e. The number of β-amino-alcohol motifs (C(OH)–C–C–N with tert-alkyl or cyclic N) is 1. The second-order valence-corrected chi connectivity index (χ2v) is 5.05. The summed E-state index contributed by atoms with van der Waals surface area (Å²) in [4.78, 5) is 12.9. The number of methoxy groups -OCH3 is 1. The van der Waals surface area contributed by atoms with E-state index in [0.717, 1.165) is 32.2 Å². The van der Waals surface area contributed by atoms with Gasteiger partial charge in [0.1, 0.15) is 6.29 Å². The van der Waals surface area contributed by atoms with Gasteiger partial charge in [0.25, 0.3) is 0 Å². The lowest BCUT2D eigenvalue weighted by Gasteiger charge is -2.31. The molecule has 3 atom stereocenters. The van der Waals surface area contributed by atoms with Crippen LogP contribution in [0.4, 0.5) is 0 Å². The van der Waals surface area contributed by atoms with Crippen molar-refractivity contribution in [3.8, 4) is 0 Å². The molecule has 0 amide bonds. The van der Waals surface area contributed by atoms with E-state index in [1.54, 1.807) is 7.11 Å². The van der Waals surface area contributed by atoms with E-state index in [4.69, 9.17) is 9.47 Å². The lowest BCUT2D eigenvalue weighted by Crippen LogP contribution is -2.42. The molecule has 1 rings (SSSR count). The molecule has 1 N–H and O–H groups in total. The fourth-order valence-corrected chi connectivity index (χ4v) is 2.28. The molecular weight excluding hydrogens is 234 g/mol. The number of hydrogen-bond acceptors (Lipinski definition) is 5. The van der Waals surface area contributed by atoms with Crippen LogP contribution in [0.25, 0.3) is 0 Å². The summed E-state index contributed by atoms with van der Waals surface area (Å²) in [6, 6.07) is 0. The van der Waals surface area contributed by atoms with Gasteiger partial charge in [0.05, 0.1) is 25.4 Å². The molecule has 1 fully saturated rings. The Hall–Kier alpha value is -0.490. The molecule has 5 heteroatoms. The highest BCUT2D eigenvalue weighted by Crippen LogP contribution is 2.14. The number of hydrogen-bond donors (Lipinski definition) is 1. The Kier molecular flexibility index (Phi) is 7.42. The number of piperidine rings is 1. The van der Waals surface area contributed by atoms with Crippen LogP contribution in [0.15, 0.2) is 0 Å². The van der Waals surface area contributed by atoms with E-state index in [2.05, 4.69) is 4.90 Å². The Labute approximate surface area is 109 Å². The predicted octanol–water partition coefficient (Wildman–Crippen LogP) is 0.310. The summed E-state index contributed by atoms with van der Waals surface area (Å²) >= 11 is 0. The molecule has 0 aromatic carbocycles. The van der Waals surface area contributed by atoms with Gasteiger partial charge in [-0.15, -0.1) is 0 Å². The fourth-order valence-electron chi connectivity index (χ4n) is 2.28. The number of aliphatic hydroxyl groups is 1. The van der Waals surface area contributed by atoms with Gasteiger partial charge in [0, 0.05) is 26.1 Å². The molecule has 3 unspecified atom stereocenters. The average Bonchev–Trinajstić information content (AvgIpc) is 2.37. The third kappa shape index (κ3) is 5.91. The van der Waals surface area contributed by atoms with Gasteiger partial charge in [-0.2, -0.15) is 0 Å². The van der Waals surface area contributed by atoms with Crippen LogP contribution < -0.4 is 0 Å². The molecule has 1 aliphatic rings. The number of likely N-dealkylation sites (tertiary alicyclic amines) is 1. The van der Waals surface area contributed by atoms with Crippen molar-refractivity contribution in [2.75, 3.05) is 40.0 Å². The molecule has 1 aliphatic heterocycles. The van der Waals surface area contributed by atoms with Crippen LogP contribution in [0.5, 0.6) is 0 Å². The second kappa shape index (κ2) is 8.58. The van der Waals surface area contributed by atoms with E-state index in [9.17, 15) is 9.90 Å². The zero-order valence-corrected chi connectivity index (χ0v) is 11.4. The Morgan fingerprint density at radius 3 is 2.94 bits per heavy atom. The molecule has 0 bridgehead atoms. The lowest BCUT2D eigenvalue weighted by atomic mass is 9.99. The van der Waals surface area contributed by atoms with Crippen molar-refractivity contribution >= 4 is 6.29 Å². The third-order valence-electron chi connectivity index (χ3n) is 3.18. The van der Waals surface area contributed by atoms with Crippen LogP contribution in [0.3, 0.4) is 0 Å². The summed E-state index contributed by atoms with van der Waals surface area (Å²) in [5.74, 6) is 0.124. The first-order valence-electron chi connectivity index (χ1n) is 6.62. The van der Waals surface area contributed by atoms with E-state index in [-0.39, 0.29) is 12.0 Å². The Morgan fingerprint density at radius 2 is 2.28 bits per heavy atom. The standard InChI is InChI=1S/C13H25NO4/c1-11(9-17-2)18-10-13(16)7-14-5-3-4-12(6-14)8-15/h8,11-13,16H,3-7,9-10H2,1-2H3. The van der Waals surface area contributed by atoms with Crippen LogP contribution >= 0.6 is 0 Å². The first-order chi connectivity index (χ1) is 8.65. The summed E-state index contributed by atoms with van der Waals surface area (Å²) in [6.07, 6.45) is 2.51. The number of carbonyl (C=O) groups is 1. The van der Waals surface area contributed by atoms with E-state index in [0.29, 0.717) is 19.8 Å². The minimum Gasteiger partial charge on any atom is -0.389 e. The first-order valence-corrected chi connectivity index (χ1v) is 6.62. The van der Waals surface area contributed by atoms with Crippen LogP contribution in [-0.2, 0) is 14.3 Å². The minimum absolute atomic E-state index is 0.00581. The maximum atomic E-state index is 10.8.